The maximum Gasteiger partial charge on any atom is 0.240 e. The molecule has 0 saturated carbocycles. The number of sulfonamides is 1. The molecule has 0 amide bonds. The highest BCUT2D eigenvalue weighted by molar-refractivity contribution is 7.89. The van der Waals surface area contributed by atoms with Crippen molar-refractivity contribution < 1.29 is 13.5 Å². The fourth-order valence-electron chi connectivity index (χ4n) is 1.80. The van der Waals surface area contributed by atoms with Crippen LogP contribution >= 0.6 is 0 Å². The van der Waals surface area contributed by atoms with Crippen LogP contribution in [0.2, 0.25) is 0 Å². The quantitative estimate of drug-likeness (QED) is 0.742. The summed E-state index contributed by atoms with van der Waals surface area (Å²) in [6, 6.07) is 5.30. The van der Waals surface area contributed by atoms with E-state index in [1.165, 1.54) is 0 Å². The van der Waals surface area contributed by atoms with Crippen molar-refractivity contribution in [2.24, 2.45) is 0 Å². The third-order valence-electron chi connectivity index (χ3n) is 2.75. The zero-order valence-electron chi connectivity index (χ0n) is 10.9. The molecule has 1 aromatic rings. The third kappa shape index (κ3) is 4.40. The molecule has 0 atom stereocenters. The minimum absolute atomic E-state index is 0.157. The number of hydrogen-bond acceptors (Lipinski definition) is 3. The average Bonchev–Trinajstić information content (AvgIpc) is 2.28. The molecule has 102 valence electrons. The van der Waals surface area contributed by atoms with E-state index in [4.69, 9.17) is 5.11 Å². The molecule has 4 nitrogen and oxygen atoms in total. The largest absolute Gasteiger partial charge is 0.396 e. The first-order valence-corrected chi connectivity index (χ1v) is 7.63. The van der Waals surface area contributed by atoms with Gasteiger partial charge in [-0.15, -0.1) is 0 Å². The molecule has 5 heteroatoms. The molecule has 0 unspecified atom stereocenters. The maximum absolute atomic E-state index is 12.0. The van der Waals surface area contributed by atoms with Gasteiger partial charge in [0.2, 0.25) is 10.0 Å². The summed E-state index contributed by atoms with van der Waals surface area (Å²) in [4.78, 5) is 0.343. The van der Waals surface area contributed by atoms with Gasteiger partial charge in [0.25, 0.3) is 0 Å². The number of aliphatic hydroxyl groups excluding tert-OH is 1. The normalized spacial score (nSPS) is 11.7. The molecule has 0 bridgehead atoms. The van der Waals surface area contributed by atoms with E-state index in [9.17, 15) is 8.42 Å². The number of benzene rings is 1. The molecule has 0 aliphatic carbocycles. The minimum Gasteiger partial charge on any atom is -0.396 e. The Morgan fingerprint density at radius 3 is 2.50 bits per heavy atom. The number of hydrogen-bond donors (Lipinski definition) is 2. The van der Waals surface area contributed by atoms with Crippen molar-refractivity contribution in [3.8, 4) is 0 Å². The van der Waals surface area contributed by atoms with Crippen LogP contribution < -0.4 is 4.72 Å². The lowest BCUT2D eigenvalue weighted by Crippen LogP contribution is -2.25. The zero-order valence-corrected chi connectivity index (χ0v) is 11.8. The van der Waals surface area contributed by atoms with Gasteiger partial charge in [0.1, 0.15) is 0 Å². The van der Waals surface area contributed by atoms with E-state index in [1.807, 2.05) is 13.0 Å². The third-order valence-corrected chi connectivity index (χ3v) is 4.37. The number of aryl methyl sites for hydroxylation is 2. The number of nitrogens with one attached hydrogen (secondary N) is 1. The van der Waals surface area contributed by atoms with Crippen LogP contribution in [0.1, 0.15) is 30.4 Å². The van der Waals surface area contributed by atoms with Crippen molar-refractivity contribution in [2.45, 2.75) is 38.0 Å². The van der Waals surface area contributed by atoms with Crippen LogP contribution in [0.25, 0.3) is 0 Å². The molecular formula is C13H21NO3S. The summed E-state index contributed by atoms with van der Waals surface area (Å²) in [5, 5.41) is 8.63. The van der Waals surface area contributed by atoms with E-state index in [0.29, 0.717) is 17.9 Å². The van der Waals surface area contributed by atoms with E-state index < -0.39 is 10.0 Å². The summed E-state index contributed by atoms with van der Waals surface area (Å²) >= 11 is 0. The van der Waals surface area contributed by atoms with Crippen molar-refractivity contribution >= 4 is 10.0 Å². The number of aliphatic hydroxyl groups is 1. The van der Waals surface area contributed by atoms with E-state index in [0.717, 1.165) is 24.0 Å². The van der Waals surface area contributed by atoms with Gasteiger partial charge in [-0.25, -0.2) is 13.1 Å². The molecule has 2 N–H and O–H groups in total. The molecular weight excluding hydrogens is 250 g/mol. The van der Waals surface area contributed by atoms with Crippen molar-refractivity contribution in [1.82, 2.24) is 4.72 Å². The van der Waals surface area contributed by atoms with Crippen LogP contribution in [0.5, 0.6) is 0 Å². The van der Waals surface area contributed by atoms with Gasteiger partial charge in [0, 0.05) is 13.2 Å². The Balaban J connectivity index is 2.63. The number of unbranched alkanes of at least 4 members (excludes halogenated alkanes) is 2. The highest BCUT2D eigenvalue weighted by Crippen LogP contribution is 2.16. The first-order chi connectivity index (χ1) is 8.47. The molecule has 0 radical (unpaired) electrons. The Morgan fingerprint density at radius 2 is 1.89 bits per heavy atom. The van der Waals surface area contributed by atoms with Gasteiger partial charge in [0.05, 0.1) is 4.90 Å². The average molecular weight is 271 g/mol. The Hall–Kier alpha value is -0.910. The van der Waals surface area contributed by atoms with Crippen LogP contribution in [0, 0.1) is 13.8 Å². The second-order valence-electron chi connectivity index (χ2n) is 4.45. The van der Waals surface area contributed by atoms with Crippen LogP contribution in [0.3, 0.4) is 0 Å². The molecule has 1 aromatic carbocycles. The number of rotatable bonds is 7. The molecule has 0 aromatic heterocycles. The lowest BCUT2D eigenvalue weighted by molar-refractivity contribution is 0.283. The van der Waals surface area contributed by atoms with E-state index in [2.05, 4.69) is 4.72 Å². The summed E-state index contributed by atoms with van der Waals surface area (Å²) in [5.41, 5.74) is 1.81. The molecule has 0 saturated heterocycles. The van der Waals surface area contributed by atoms with Gasteiger partial charge in [-0.05, 0) is 44.7 Å². The first-order valence-electron chi connectivity index (χ1n) is 6.15. The van der Waals surface area contributed by atoms with E-state index in [-0.39, 0.29) is 6.61 Å². The molecule has 0 aliphatic heterocycles. The second-order valence-corrected chi connectivity index (χ2v) is 6.19. The predicted octanol–water partition coefficient (Wildman–Crippen LogP) is 1.74. The summed E-state index contributed by atoms with van der Waals surface area (Å²) < 4.78 is 26.7. The van der Waals surface area contributed by atoms with Crippen LogP contribution in [0.4, 0.5) is 0 Å². The first kappa shape index (κ1) is 15.1. The lowest BCUT2D eigenvalue weighted by Gasteiger charge is -2.09. The molecule has 0 aliphatic rings. The monoisotopic (exact) mass is 271 g/mol. The van der Waals surface area contributed by atoms with Crippen molar-refractivity contribution in [2.75, 3.05) is 13.2 Å². The molecule has 1 rings (SSSR count). The van der Waals surface area contributed by atoms with Crippen molar-refractivity contribution in [3.63, 3.8) is 0 Å². The smallest absolute Gasteiger partial charge is 0.240 e. The second kappa shape index (κ2) is 6.87. The van der Waals surface area contributed by atoms with Gasteiger partial charge in [-0.1, -0.05) is 17.7 Å². The van der Waals surface area contributed by atoms with E-state index >= 15 is 0 Å². The topological polar surface area (TPSA) is 66.4 Å². The van der Waals surface area contributed by atoms with Crippen LogP contribution in [0.15, 0.2) is 23.1 Å². The summed E-state index contributed by atoms with van der Waals surface area (Å²) in [7, 11) is -3.41. The van der Waals surface area contributed by atoms with Crippen LogP contribution in [-0.4, -0.2) is 26.7 Å². The zero-order chi connectivity index (χ0) is 13.6. The van der Waals surface area contributed by atoms with Gasteiger partial charge >= 0.3 is 0 Å². The summed E-state index contributed by atoms with van der Waals surface area (Å²) in [6.07, 6.45) is 2.28. The van der Waals surface area contributed by atoms with E-state index in [1.54, 1.807) is 19.1 Å². The SMILES string of the molecule is Cc1ccc(S(=O)(=O)NCCCCCO)c(C)c1. The molecule has 0 heterocycles. The van der Waals surface area contributed by atoms with Gasteiger partial charge in [-0.2, -0.15) is 0 Å². The Morgan fingerprint density at radius 1 is 1.17 bits per heavy atom. The molecule has 0 spiro atoms. The Labute approximate surface area is 109 Å². The fraction of sp³-hybridized carbons (Fsp3) is 0.538. The Bertz CT molecular complexity index is 483. The maximum atomic E-state index is 12.0. The molecule has 18 heavy (non-hydrogen) atoms. The predicted molar refractivity (Wildman–Crippen MR) is 72.0 cm³/mol. The van der Waals surface area contributed by atoms with Crippen LogP contribution in [-0.2, 0) is 10.0 Å². The summed E-state index contributed by atoms with van der Waals surface area (Å²) in [5.74, 6) is 0. The molecule has 0 fully saturated rings. The fourth-order valence-corrected chi connectivity index (χ4v) is 3.10. The standard InChI is InChI=1S/C13H21NO3S/c1-11-6-7-13(12(2)10-11)18(16,17)14-8-4-3-5-9-15/h6-7,10,14-15H,3-5,8-9H2,1-2H3. The van der Waals surface area contributed by atoms with Gasteiger partial charge < -0.3 is 5.11 Å². The van der Waals surface area contributed by atoms with Gasteiger partial charge in [-0.3, -0.25) is 0 Å². The Kier molecular flexibility index (Phi) is 5.78. The lowest BCUT2D eigenvalue weighted by atomic mass is 10.2. The summed E-state index contributed by atoms with van der Waals surface area (Å²) in [6.45, 7) is 4.30. The highest BCUT2D eigenvalue weighted by Gasteiger charge is 2.15. The van der Waals surface area contributed by atoms with Gasteiger partial charge in [0.15, 0.2) is 0 Å². The minimum atomic E-state index is -3.41. The highest BCUT2D eigenvalue weighted by atomic mass is 32.2. The van der Waals surface area contributed by atoms with Crippen molar-refractivity contribution in [3.05, 3.63) is 29.3 Å². The van der Waals surface area contributed by atoms with Crippen molar-refractivity contribution in [1.29, 1.82) is 0 Å².